The summed E-state index contributed by atoms with van der Waals surface area (Å²) in [6.45, 7) is 5.20. The van der Waals surface area contributed by atoms with Crippen molar-refractivity contribution in [2.45, 2.75) is 13.3 Å². The van der Waals surface area contributed by atoms with Gasteiger partial charge < -0.3 is 14.6 Å². The Morgan fingerprint density at radius 2 is 1.74 bits per heavy atom. The molecule has 0 fully saturated rings. The van der Waals surface area contributed by atoms with E-state index in [4.69, 9.17) is 9.47 Å². The molecule has 0 radical (unpaired) electrons. The molecule has 2 aromatic carbocycles. The summed E-state index contributed by atoms with van der Waals surface area (Å²) in [6, 6.07) is 10.6. The van der Waals surface area contributed by atoms with E-state index in [1.165, 1.54) is 36.4 Å². The quantitative estimate of drug-likeness (QED) is 0.521. The van der Waals surface area contributed by atoms with Crippen molar-refractivity contribution in [1.29, 1.82) is 0 Å². The van der Waals surface area contributed by atoms with Gasteiger partial charge in [0.05, 0.1) is 5.56 Å². The van der Waals surface area contributed by atoms with E-state index in [2.05, 4.69) is 6.58 Å². The van der Waals surface area contributed by atoms with E-state index in [-0.39, 0.29) is 5.75 Å². The number of aryl methyl sites for hydroxylation is 1. The second kappa shape index (κ2) is 7.26. The average molecular weight is 312 g/mol. The predicted octanol–water partition coefficient (Wildman–Crippen LogP) is 3.27. The highest BCUT2D eigenvalue weighted by Gasteiger charge is 2.11. The van der Waals surface area contributed by atoms with Crippen LogP contribution in [0.3, 0.4) is 0 Å². The van der Waals surface area contributed by atoms with Gasteiger partial charge in [-0.05, 0) is 54.4 Å². The van der Waals surface area contributed by atoms with Gasteiger partial charge >= 0.3 is 11.9 Å². The van der Waals surface area contributed by atoms with E-state index in [0.717, 1.165) is 6.08 Å². The molecule has 5 nitrogen and oxygen atoms in total. The Morgan fingerprint density at radius 1 is 1.09 bits per heavy atom. The van der Waals surface area contributed by atoms with Crippen LogP contribution in [0, 0.1) is 0 Å². The zero-order valence-corrected chi connectivity index (χ0v) is 12.6. The molecule has 5 heteroatoms. The highest BCUT2D eigenvalue weighted by atomic mass is 16.5. The van der Waals surface area contributed by atoms with Crippen molar-refractivity contribution in [2.24, 2.45) is 0 Å². The molecule has 0 saturated carbocycles. The van der Waals surface area contributed by atoms with Crippen LogP contribution in [0.1, 0.15) is 22.8 Å². The van der Waals surface area contributed by atoms with Gasteiger partial charge in [-0.1, -0.05) is 13.5 Å². The third-order valence-electron chi connectivity index (χ3n) is 3.12. The Labute approximate surface area is 133 Å². The van der Waals surface area contributed by atoms with Crippen molar-refractivity contribution in [3.63, 3.8) is 0 Å². The first-order valence-electron chi connectivity index (χ1n) is 7.02. The van der Waals surface area contributed by atoms with E-state index < -0.39 is 11.9 Å². The molecule has 0 unspecified atom stereocenters. The first-order chi connectivity index (χ1) is 11.0. The normalized spacial score (nSPS) is 9.96. The smallest absolute Gasteiger partial charge is 0.343 e. The summed E-state index contributed by atoms with van der Waals surface area (Å²) < 4.78 is 10.2. The van der Waals surface area contributed by atoms with E-state index in [0.29, 0.717) is 29.0 Å². The van der Waals surface area contributed by atoms with E-state index in [1.807, 2.05) is 6.92 Å². The lowest BCUT2D eigenvalue weighted by atomic mass is 10.1. The highest BCUT2D eigenvalue weighted by Crippen LogP contribution is 2.24. The molecule has 0 heterocycles. The minimum atomic E-state index is -0.573. The van der Waals surface area contributed by atoms with Crippen LogP contribution in [0.15, 0.2) is 55.1 Å². The molecule has 0 aliphatic heterocycles. The fraction of sp³-hybridized carbons (Fsp3) is 0.111. The summed E-state index contributed by atoms with van der Waals surface area (Å²) in [7, 11) is 0. The molecule has 0 aromatic heterocycles. The second-order valence-corrected chi connectivity index (χ2v) is 4.68. The Balaban J connectivity index is 2.08. The number of ether oxygens (including phenoxy) is 2. The van der Waals surface area contributed by atoms with Gasteiger partial charge in [-0.15, -0.1) is 0 Å². The number of hydrogen-bond donors (Lipinski definition) is 1. The maximum absolute atomic E-state index is 12.1. The lowest BCUT2D eigenvalue weighted by Gasteiger charge is -2.08. The Bertz CT molecular complexity index is 732. The number of aromatic hydroxyl groups is 1. The number of hydrogen-bond acceptors (Lipinski definition) is 5. The maximum atomic E-state index is 12.1. The van der Waals surface area contributed by atoms with Crippen LogP contribution < -0.4 is 9.47 Å². The molecule has 1 N–H and O–H groups in total. The molecule has 23 heavy (non-hydrogen) atoms. The van der Waals surface area contributed by atoms with E-state index in [1.54, 1.807) is 6.07 Å². The standard InChI is InChI=1S/C18H16O5/c1-3-12-11-15(9-10-16(12)19)23-18(21)13-5-7-14(8-6-13)22-17(20)4-2/h4-11,19H,2-3H2,1H3. The predicted molar refractivity (Wildman–Crippen MR) is 84.7 cm³/mol. The summed E-state index contributed by atoms with van der Waals surface area (Å²) in [6.07, 6.45) is 1.68. The van der Waals surface area contributed by atoms with Crippen LogP contribution in [0.4, 0.5) is 0 Å². The average Bonchev–Trinajstić information content (AvgIpc) is 2.57. The van der Waals surface area contributed by atoms with Gasteiger partial charge in [0.2, 0.25) is 0 Å². The highest BCUT2D eigenvalue weighted by molar-refractivity contribution is 5.91. The lowest BCUT2D eigenvalue weighted by molar-refractivity contribution is -0.128. The molecular formula is C18H16O5. The minimum Gasteiger partial charge on any atom is -0.508 e. The molecule has 118 valence electrons. The van der Waals surface area contributed by atoms with Crippen molar-refractivity contribution in [3.05, 3.63) is 66.2 Å². The van der Waals surface area contributed by atoms with Crippen LogP contribution >= 0.6 is 0 Å². The Kier molecular flexibility index (Phi) is 5.15. The number of benzene rings is 2. The van der Waals surface area contributed by atoms with Gasteiger partial charge in [-0.25, -0.2) is 9.59 Å². The summed E-state index contributed by atoms with van der Waals surface area (Å²) in [5.74, 6) is -0.285. The molecular weight excluding hydrogens is 296 g/mol. The van der Waals surface area contributed by atoms with Crippen molar-refractivity contribution >= 4 is 11.9 Å². The van der Waals surface area contributed by atoms with Crippen molar-refractivity contribution < 1.29 is 24.2 Å². The number of phenolic OH excluding ortho intramolecular Hbond substituents is 1. The van der Waals surface area contributed by atoms with Crippen LogP contribution in [-0.2, 0) is 11.2 Å². The fourth-order valence-corrected chi connectivity index (χ4v) is 1.89. The third kappa shape index (κ3) is 4.20. The molecule has 2 aromatic rings. The number of esters is 2. The summed E-state index contributed by atoms with van der Waals surface area (Å²) in [5, 5.41) is 9.62. The topological polar surface area (TPSA) is 72.8 Å². The summed E-state index contributed by atoms with van der Waals surface area (Å²) >= 11 is 0. The number of phenols is 1. The first-order valence-corrected chi connectivity index (χ1v) is 7.02. The second-order valence-electron chi connectivity index (χ2n) is 4.68. The fourth-order valence-electron chi connectivity index (χ4n) is 1.89. The van der Waals surface area contributed by atoms with Gasteiger partial charge in [0.15, 0.2) is 0 Å². The van der Waals surface area contributed by atoms with Gasteiger partial charge in [0.25, 0.3) is 0 Å². The number of rotatable bonds is 5. The van der Waals surface area contributed by atoms with Gasteiger partial charge in [-0.2, -0.15) is 0 Å². The van der Waals surface area contributed by atoms with Crippen LogP contribution in [0.5, 0.6) is 17.2 Å². The lowest BCUT2D eigenvalue weighted by Crippen LogP contribution is -2.09. The first kappa shape index (κ1) is 16.3. The minimum absolute atomic E-state index is 0.167. The SMILES string of the molecule is C=CC(=O)Oc1ccc(C(=O)Oc2ccc(O)c(CC)c2)cc1. The van der Waals surface area contributed by atoms with E-state index in [9.17, 15) is 14.7 Å². The third-order valence-corrected chi connectivity index (χ3v) is 3.12. The molecule has 0 saturated heterocycles. The molecule has 0 aliphatic carbocycles. The van der Waals surface area contributed by atoms with Crippen molar-refractivity contribution in [3.8, 4) is 17.2 Å². The summed E-state index contributed by atoms with van der Waals surface area (Å²) in [4.78, 5) is 23.2. The monoisotopic (exact) mass is 312 g/mol. The number of carbonyl (C=O) groups excluding carboxylic acids is 2. The van der Waals surface area contributed by atoms with Gasteiger partial charge in [-0.3, -0.25) is 0 Å². The van der Waals surface area contributed by atoms with Gasteiger partial charge in [0, 0.05) is 6.08 Å². The maximum Gasteiger partial charge on any atom is 0.343 e. The Hall–Kier alpha value is -3.08. The van der Waals surface area contributed by atoms with Crippen LogP contribution in [0.25, 0.3) is 0 Å². The molecule has 0 spiro atoms. The molecule has 0 amide bonds. The van der Waals surface area contributed by atoms with Crippen molar-refractivity contribution in [2.75, 3.05) is 0 Å². The largest absolute Gasteiger partial charge is 0.508 e. The summed E-state index contributed by atoms with van der Waals surface area (Å²) in [5.41, 5.74) is 1.01. The van der Waals surface area contributed by atoms with E-state index >= 15 is 0 Å². The molecule has 0 aliphatic rings. The molecule has 0 bridgehead atoms. The number of carbonyl (C=O) groups is 2. The van der Waals surface area contributed by atoms with Gasteiger partial charge in [0.1, 0.15) is 17.2 Å². The van der Waals surface area contributed by atoms with Crippen LogP contribution in [0.2, 0.25) is 0 Å². The van der Waals surface area contributed by atoms with Crippen LogP contribution in [-0.4, -0.2) is 17.0 Å². The zero-order valence-electron chi connectivity index (χ0n) is 12.6. The molecule has 0 atom stereocenters. The zero-order chi connectivity index (χ0) is 16.8. The molecule has 2 rings (SSSR count). The van der Waals surface area contributed by atoms with Crippen molar-refractivity contribution in [1.82, 2.24) is 0 Å². The Morgan fingerprint density at radius 3 is 2.35 bits per heavy atom.